The van der Waals surface area contributed by atoms with Crippen LogP contribution in [0.3, 0.4) is 0 Å². The van der Waals surface area contributed by atoms with Gasteiger partial charge in [-0.3, -0.25) is 10.0 Å². The molecule has 0 radical (unpaired) electrons. The van der Waals surface area contributed by atoms with E-state index in [1.165, 1.54) is 31.4 Å². The Kier molecular flexibility index (Phi) is 6.00. The highest BCUT2D eigenvalue weighted by atomic mass is 32.2. The Balaban J connectivity index is 1.89. The number of benzene rings is 2. The molecule has 1 heterocycles. The third-order valence-electron chi connectivity index (χ3n) is 4.10. The number of nitrogens with one attached hydrogen (secondary N) is 2. The molecule has 1 aromatic heterocycles. The largest absolute Gasteiger partial charge is 0.453 e. The third-order valence-corrected chi connectivity index (χ3v) is 5.48. The molecule has 2 aromatic carbocycles. The molecule has 0 saturated carbocycles. The number of nitrogens with zero attached hydrogens (tertiary/aromatic N) is 2. The number of fused-ring (bicyclic) bond motifs is 1. The summed E-state index contributed by atoms with van der Waals surface area (Å²) in [5, 5.41) is 3.31. The summed E-state index contributed by atoms with van der Waals surface area (Å²) < 4.78 is 32.8. The molecule has 0 saturated heterocycles. The second-order valence-electron chi connectivity index (χ2n) is 6.66. The van der Waals surface area contributed by atoms with Gasteiger partial charge in [-0.25, -0.2) is 18.2 Å². The molecule has 8 nitrogen and oxygen atoms in total. The number of methoxy groups -OCH3 is 1. The average molecular weight is 414 g/mol. The van der Waals surface area contributed by atoms with Gasteiger partial charge in [-0.1, -0.05) is 18.2 Å². The number of aromatic nitrogens is 1. The number of pyridine rings is 1. The van der Waals surface area contributed by atoms with E-state index in [2.05, 4.69) is 19.8 Å². The predicted octanol–water partition coefficient (Wildman–Crippen LogP) is 3.28. The quantitative estimate of drug-likeness (QED) is 0.642. The molecule has 152 valence electrons. The van der Waals surface area contributed by atoms with Gasteiger partial charge in [0.15, 0.2) is 0 Å². The SMILES string of the molecule is COC(=O)Nc1ccc(S(=O)(=O)Nc2cccc3ccc(CN(C)C)nc23)cc1. The molecular formula is C20H22N4O4S. The first-order valence-corrected chi connectivity index (χ1v) is 10.3. The van der Waals surface area contributed by atoms with Crippen molar-refractivity contribution in [1.82, 2.24) is 9.88 Å². The number of amides is 1. The molecule has 9 heteroatoms. The van der Waals surface area contributed by atoms with Crippen molar-refractivity contribution in [3.63, 3.8) is 0 Å². The summed E-state index contributed by atoms with van der Waals surface area (Å²) in [5.74, 6) is 0. The lowest BCUT2D eigenvalue weighted by molar-refractivity contribution is 0.187. The van der Waals surface area contributed by atoms with Crippen molar-refractivity contribution in [3.8, 4) is 0 Å². The zero-order valence-corrected chi connectivity index (χ0v) is 17.2. The first-order chi connectivity index (χ1) is 13.8. The Bertz CT molecular complexity index is 1130. The van der Waals surface area contributed by atoms with Crippen molar-refractivity contribution in [2.45, 2.75) is 11.4 Å². The van der Waals surface area contributed by atoms with Gasteiger partial charge in [-0.15, -0.1) is 0 Å². The Morgan fingerprint density at radius 2 is 1.79 bits per heavy atom. The van der Waals surface area contributed by atoms with Crippen molar-refractivity contribution in [2.75, 3.05) is 31.2 Å². The van der Waals surface area contributed by atoms with E-state index in [4.69, 9.17) is 0 Å². The second kappa shape index (κ2) is 8.46. The van der Waals surface area contributed by atoms with Crippen LogP contribution in [0.2, 0.25) is 0 Å². The zero-order chi connectivity index (χ0) is 21.0. The first-order valence-electron chi connectivity index (χ1n) is 8.80. The highest BCUT2D eigenvalue weighted by Gasteiger charge is 2.16. The smallest absolute Gasteiger partial charge is 0.411 e. The van der Waals surface area contributed by atoms with Gasteiger partial charge in [0.05, 0.1) is 28.9 Å². The Morgan fingerprint density at radius 1 is 1.07 bits per heavy atom. The fraction of sp³-hybridized carbons (Fsp3) is 0.200. The highest BCUT2D eigenvalue weighted by Crippen LogP contribution is 2.25. The maximum atomic E-state index is 12.8. The van der Waals surface area contributed by atoms with Gasteiger partial charge in [-0.2, -0.15) is 0 Å². The van der Waals surface area contributed by atoms with Crippen molar-refractivity contribution < 1.29 is 17.9 Å². The van der Waals surface area contributed by atoms with Crippen LogP contribution in [0.1, 0.15) is 5.69 Å². The molecular weight excluding hydrogens is 392 g/mol. The van der Waals surface area contributed by atoms with Crippen LogP contribution < -0.4 is 10.0 Å². The standard InChI is InChI=1S/C20H22N4O4S/c1-24(2)13-16-8-7-14-5-4-6-18(19(14)21-16)23-29(26,27)17-11-9-15(10-12-17)22-20(25)28-3/h4-12,23H,13H2,1-3H3,(H,22,25). The van der Waals surface area contributed by atoms with Gasteiger partial charge in [0.25, 0.3) is 10.0 Å². The van der Waals surface area contributed by atoms with Gasteiger partial charge < -0.3 is 9.64 Å². The van der Waals surface area contributed by atoms with Crippen LogP contribution in [0.4, 0.5) is 16.2 Å². The molecule has 0 spiro atoms. The van der Waals surface area contributed by atoms with Crippen molar-refractivity contribution in [2.24, 2.45) is 0 Å². The number of carbonyl (C=O) groups is 1. The zero-order valence-electron chi connectivity index (χ0n) is 16.3. The Labute approximate surface area is 169 Å². The van der Waals surface area contributed by atoms with Gasteiger partial charge >= 0.3 is 6.09 Å². The van der Waals surface area contributed by atoms with Crippen LogP contribution in [0, 0.1) is 0 Å². The number of rotatable bonds is 6. The summed E-state index contributed by atoms with van der Waals surface area (Å²) >= 11 is 0. The first kappa shape index (κ1) is 20.6. The summed E-state index contributed by atoms with van der Waals surface area (Å²) in [6.45, 7) is 0.645. The van der Waals surface area contributed by atoms with Crippen LogP contribution in [-0.2, 0) is 21.3 Å². The molecule has 0 aliphatic rings. The number of carbonyl (C=O) groups excluding carboxylic acids is 1. The van der Waals surface area contributed by atoms with Crippen LogP contribution in [0.5, 0.6) is 0 Å². The summed E-state index contributed by atoms with van der Waals surface area (Å²) in [4.78, 5) is 17.9. The summed E-state index contributed by atoms with van der Waals surface area (Å²) in [5.41, 5.74) is 2.25. The highest BCUT2D eigenvalue weighted by molar-refractivity contribution is 7.92. The van der Waals surface area contributed by atoms with E-state index >= 15 is 0 Å². The van der Waals surface area contributed by atoms with E-state index in [1.54, 1.807) is 12.1 Å². The topological polar surface area (TPSA) is 101 Å². The van der Waals surface area contributed by atoms with Gasteiger partial charge in [0, 0.05) is 17.6 Å². The third kappa shape index (κ3) is 5.01. The van der Waals surface area contributed by atoms with Gasteiger partial charge in [-0.05, 0) is 50.5 Å². The molecule has 0 aliphatic carbocycles. The average Bonchev–Trinajstić information content (AvgIpc) is 2.68. The van der Waals surface area contributed by atoms with E-state index in [0.29, 0.717) is 23.4 Å². The van der Waals surface area contributed by atoms with Crippen molar-refractivity contribution in [1.29, 1.82) is 0 Å². The maximum Gasteiger partial charge on any atom is 0.411 e. The van der Waals surface area contributed by atoms with E-state index in [9.17, 15) is 13.2 Å². The van der Waals surface area contributed by atoms with Crippen LogP contribution in [0.25, 0.3) is 10.9 Å². The fourth-order valence-corrected chi connectivity index (χ4v) is 3.84. The molecule has 0 bridgehead atoms. The second-order valence-corrected chi connectivity index (χ2v) is 8.35. The Hall–Kier alpha value is -3.17. The van der Waals surface area contributed by atoms with Crippen LogP contribution in [0.15, 0.2) is 59.5 Å². The molecule has 0 atom stereocenters. The minimum atomic E-state index is -3.84. The molecule has 2 N–H and O–H groups in total. The van der Waals surface area contributed by atoms with E-state index < -0.39 is 16.1 Å². The molecule has 3 rings (SSSR count). The van der Waals surface area contributed by atoms with E-state index in [0.717, 1.165) is 11.1 Å². The molecule has 0 aliphatic heterocycles. The minimum Gasteiger partial charge on any atom is -0.453 e. The maximum absolute atomic E-state index is 12.8. The molecule has 0 unspecified atom stereocenters. The lowest BCUT2D eigenvalue weighted by Crippen LogP contribution is -2.15. The van der Waals surface area contributed by atoms with Crippen molar-refractivity contribution >= 4 is 38.4 Å². The normalized spacial score (nSPS) is 11.4. The van der Waals surface area contributed by atoms with Crippen LogP contribution in [-0.4, -0.2) is 45.6 Å². The molecule has 29 heavy (non-hydrogen) atoms. The monoisotopic (exact) mass is 414 g/mol. The number of hydrogen-bond acceptors (Lipinski definition) is 6. The summed E-state index contributed by atoms with van der Waals surface area (Å²) in [6, 6.07) is 15.0. The number of anilines is 2. The minimum absolute atomic E-state index is 0.0642. The summed E-state index contributed by atoms with van der Waals surface area (Å²) in [6.07, 6.45) is -0.630. The molecule has 1 amide bonds. The number of para-hydroxylation sites is 1. The lowest BCUT2D eigenvalue weighted by atomic mass is 10.2. The van der Waals surface area contributed by atoms with Gasteiger partial charge in [0.2, 0.25) is 0 Å². The number of hydrogen-bond donors (Lipinski definition) is 2. The molecule has 0 fully saturated rings. The summed E-state index contributed by atoms with van der Waals surface area (Å²) in [7, 11) is 1.30. The van der Waals surface area contributed by atoms with Crippen LogP contribution >= 0.6 is 0 Å². The molecule has 3 aromatic rings. The fourth-order valence-electron chi connectivity index (χ4n) is 2.77. The van der Waals surface area contributed by atoms with E-state index in [-0.39, 0.29) is 4.90 Å². The number of ether oxygens (including phenoxy) is 1. The predicted molar refractivity (Wildman–Crippen MR) is 112 cm³/mol. The van der Waals surface area contributed by atoms with E-state index in [1.807, 2.05) is 37.2 Å². The van der Waals surface area contributed by atoms with Gasteiger partial charge in [0.1, 0.15) is 0 Å². The lowest BCUT2D eigenvalue weighted by Gasteiger charge is -2.13. The number of sulfonamides is 1. The Morgan fingerprint density at radius 3 is 2.45 bits per heavy atom. The van der Waals surface area contributed by atoms with Crippen molar-refractivity contribution in [3.05, 3.63) is 60.3 Å².